The predicted octanol–water partition coefficient (Wildman–Crippen LogP) is 5.80. The first kappa shape index (κ1) is 17.1. The van der Waals surface area contributed by atoms with E-state index >= 15 is 0 Å². The van der Waals surface area contributed by atoms with E-state index < -0.39 is 0 Å². The minimum atomic E-state index is -0.277. The molecule has 0 atom stereocenters. The van der Waals surface area contributed by atoms with Crippen molar-refractivity contribution >= 4 is 50.7 Å². The van der Waals surface area contributed by atoms with Crippen LogP contribution >= 0.6 is 39.1 Å². The molecule has 22 heavy (non-hydrogen) atoms. The molecule has 0 unspecified atom stereocenters. The van der Waals surface area contributed by atoms with Crippen LogP contribution in [0.4, 0.5) is 5.69 Å². The molecule has 0 heterocycles. The van der Waals surface area contributed by atoms with Gasteiger partial charge >= 0.3 is 0 Å². The summed E-state index contributed by atoms with van der Waals surface area (Å²) in [6, 6.07) is 10.0. The Labute approximate surface area is 147 Å². The van der Waals surface area contributed by atoms with Gasteiger partial charge in [-0.15, -0.1) is 0 Å². The van der Waals surface area contributed by atoms with E-state index in [1.54, 1.807) is 36.4 Å². The molecule has 0 saturated heterocycles. The second-order valence-electron chi connectivity index (χ2n) is 4.89. The summed E-state index contributed by atoms with van der Waals surface area (Å²) >= 11 is 15.3. The lowest BCUT2D eigenvalue weighted by Gasteiger charge is -2.13. The van der Waals surface area contributed by atoms with Crippen molar-refractivity contribution in [2.45, 2.75) is 20.0 Å². The summed E-state index contributed by atoms with van der Waals surface area (Å²) < 4.78 is 6.33. The molecule has 0 aliphatic heterocycles. The Morgan fingerprint density at radius 3 is 2.55 bits per heavy atom. The van der Waals surface area contributed by atoms with E-state index in [9.17, 15) is 4.79 Å². The van der Waals surface area contributed by atoms with E-state index in [0.717, 1.165) is 0 Å². The van der Waals surface area contributed by atoms with Gasteiger partial charge in [0.15, 0.2) is 0 Å². The number of nitrogens with one attached hydrogen (secondary N) is 1. The van der Waals surface area contributed by atoms with Crippen LogP contribution in [0.5, 0.6) is 5.75 Å². The highest BCUT2D eigenvalue weighted by Gasteiger charge is 2.12. The Balaban J connectivity index is 2.19. The van der Waals surface area contributed by atoms with Crippen LogP contribution < -0.4 is 10.1 Å². The number of hydrogen-bond donors (Lipinski definition) is 1. The summed E-state index contributed by atoms with van der Waals surface area (Å²) in [5.74, 6) is 0.410. The maximum absolute atomic E-state index is 12.3. The summed E-state index contributed by atoms with van der Waals surface area (Å²) in [6.07, 6.45) is 0.0567. The molecule has 0 fully saturated rings. The number of ether oxygens (including phenoxy) is 1. The van der Waals surface area contributed by atoms with Gasteiger partial charge < -0.3 is 10.1 Å². The molecule has 1 N–H and O–H groups in total. The highest BCUT2D eigenvalue weighted by Crippen LogP contribution is 2.29. The van der Waals surface area contributed by atoms with E-state index in [1.165, 1.54) is 0 Å². The molecule has 2 aromatic carbocycles. The molecule has 3 nitrogen and oxygen atoms in total. The van der Waals surface area contributed by atoms with Crippen molar-refractivity contribution < 1.29 is 9.53 Å². The van der Waals surface area contributed by atoms with Gasteiger partial charge in [0.25, 0.3) is 5.91 Å². The zero-order valence-corrected chi connectivity index (χ0v) is 15.1. The van der Waals surface area contributed by atoms with Gasteiger partial charge in [0.2, 0.25) is 0 Å². The summed E-state index contributed by atoms with van der Waals surface area (Å²) in [4.78, 5) is 12.3. The van der Waals surface area contributed by atoms with Gasteiger partial charge in [0.1, 0.15) is 5.75 Å². The first-order chi connectivity index (χ1) is 10.4. The molecule has 2 rings (SSSR count). The first-order valence-corrected chi connectivity index (χ1v) is 8.14. The molecule has 0 aliphatic rings. The fourth-order valence-corrected chi connectivity index (χ4v) is 2.59. The number of benzene rings is 2. The molecule has 0 bridgehead atoms. The van der Waals surface area contributed by atoms with Gasteiger partial charge in [-0.05, 0) is 66.2 Å². The topological polar surface area (TPSA) is 38.3 Å². The van der Waals surface area contributed by atoms with E-state index in [-0.39, 0.29) is 12.0 Å². The van der Waals surface area contributed by atoms with E-state index in [2.05, 4.69) is 21.2 Å². The summed E-state index contributed by atoms with van der Waals surface area (Å²) in [5, 5.41) is 3.67. The van der Waals surface area contributed by atoms with Crippen LogP contribution in [0.1, 0.15) is 24.2 Å². The van der Waals surface area contributed by atoms with Crippen molar-refractivity contribution in [2.75, 3.05) is 5.32 Å². The zero-order chi connectivity index (χ0) is 16.3. The van der Waals surface area contributed by atoms with Crippen LogP contribution in [0.25, 0.3) is 0 Å². The standard InChI is InChI=1S/C16H14BrCl2NO2/c1-9(2)22-15-6-3-10(7-12(15)17)16(21)20-14-8-11(18)4-5-13(14)19/h3-9H,1-2H3,(H,20,21). The minimum absolute atomic E-state index is 0.0567. The third-order valence-electron chi connectivity index (χ3n) is 2.73. The summed E-state index contributed by atoms with van der Waals surface area (Å²) in [6.45, 7) is 3.88. The fraction of sp³-hybridized carbons (Fsp3) is 0.188. The van der Waals surface area contributed by atoms with Crippen LogP contribution in [-0.2, 0) is 0 Å². The van der Waals surface area contributed by atoms with Crippen molar-refractivity contribution in [3.8, 4) is 5.75 Å². The van der Waals surface area contributed by atoms with E-state index in [0.29, 0.717) is 31.5 Å². The number of carbonyl (C=O) groups is 1. The third-order valence-corrected chi connectivity index (χ3v) is 3.92. The van der Waals surface area contributed by atoms with Crippen molar-refractivity contribution in [2.24, 2.45) is 0 Å². The lowest BCUT2D eigenvalue weighted by molar-refractivity contribution is 0.102. The second-order valence-corrected chi connectivity index (χ2v) is 6.59. The van der Waals surface area contributed by atoms with Crippen LogP contribution in [-0.4, -0.2) is 12.0 Å². The quantitative estimate of drug-likeness (QED) is 0.702. The van der Waals surface area contributed by atoms with E-state index in [4.69, 9.17) is 27.9 Å². The number of carbonyl (C=O) groups excluding carboxylic acids is 1. The zero-order valence-electron chi connectivity index (χ0n) is 12.0. The number of amides is 1. The predicted molar refractivity (Wildman–Crippen MR) is 94.3 cm³/mol. The summed E-state index contributed by atoms with van der Waals surface area (Å²) in [5.41, 5.74) is 0.955. The Kier molecular flexibility index (Phi) is 5.73. The van der Waals surface area contributed by atoms with Crippen LogP contribution in [0.15, 0.2) is 40.9 Å². The summed E-state index contributed by atoms with van der Waals surface area (Å²) in [7, 11) is 0. The van der Waals surface area contributed by atoms with Gasteiger partial charge in [-0.25, -0.2) is 0 Å². The molecular weight excluding hydrogens is 389 g/mol. The molecule has 0 aromatic heterocycles. The lowest BCUT2D eigenvalue weighted by atomic mass is 10.2. The van der Waals surface area contributed by atoms with Crippen molar-refractivity contribution in [1.29, 1.82) is 0 Å². The number of halogens is 3. The van der Waals surface area contributed by atoms with Crippen molar-refractivity contribution in [3.63, 3.8) is 0 Å². The van der Waals surface area contributed by atoms with Crippen LogP contribution in [0, 0.1) is 0 Å². The van der Waals surface area contributed by atoms with Gasteiger partial charge in [-0.2, -0.15) is 0 Å². The number of hydrogen-bond acceptors (Lipinski definition) is 2. The maximum Gasteiger partial charge on any atom is 0.255 e. The number of anilines is 1. The first-order valence-electron chi connectivity index (χ1n) is 6.59. The Bertz CT molecular complexity index is 705. The minimum Gasteiger partial charge on any atom is -0.490 e. The van der Waals surface area contributed by atoms with Gasteiger partial charge in [0.05, 0.1) is 21.3 Å². The average Bonchev–Trinajstić information content (AvgIpc) is 2.44. The maximum atomic E-state index is 12.3. The molecule has 2 aromatic rings. The van der Waals surface area contributed by atoms with Crippen molar-refractivity contribution in [1.82, 2.24) is 0 Å². The average molecular weight is 403 g/mol. The van der Waals surface area contributed by atoms with Gasteiger partial charge in [-0.3, -0.25) is 4.79 Å². The SMILES string of the molecule is CC(C)Oc1ccc(C(=O)Nc2cc(Cl)ccc2Cl)cc1Br. The third kappa shape index (κ3) is 4.38. The Morgan fingerprint density at radius 1 is 1.18 bits per heavy atom. The number of rotatable bonds is 4. The fourth-order valence-electron chi connectivity index (χ4n) is 1.78. The molecule has 0 aliphatic carbocycles. The Morgan fingerprint density at radius 2 is 1.91 bits per heavy atom. The van der Waals surface area contributed by atoms with E-state index in [1.807, 2.05) is 13.8 Å². The smallest absolute Gasteiger partial charge is 0.255 e. The lowest BCUT2D eigenvalue weighted by Crippen LogP contribution is -2.13. The molecule has 0 saturated carbocycles. The molecule has 6 heteroatoms. The Hall–Kier alpha value is -1.23. The van der Waals surface area contributed by atoms with Gasteiger partial charge in [0, 0.05) is 10.6 Å². The van der Waals surface area contributed by atoms with Crippen molar-refractivity contribution in [3.05, 3.63) is 56.5 Å². The van der Waals surface area contributed by atoms with Crippen LogP contribution in [0.2, 0.25) is 10.0 Å². The molecule has 116 valence electrons. The monoisotopic (exact) mass is 401 g/mol. The molecular formula is C16H14BrCl2NO2. The highest BCUT2D eigenvalue weighted by atomic mass is 79.9. The van der Waals surface area contributed by atoms with Crippen LogP contribution in [0.3, 0.4) is 0 Å². The molecule has 0 spiro atoms. The molecule has 1 amide bonds. The second kappa shape index (κ2) is 7.36. The molecule has 0 radical (unpaired) electrons. The largest absolute Gasteiger partial charge is 0.490 e. The highest BCUT2D eigenvalue weighted by molar-refractivity contribution is 9.10. The normalized spacial score (nSPS) is 10.6. The van der Waals surface area contributed by atoms with Gasteiger partial charge in [-0.1, -0.05) is 23.2 Å².